The summed E-state index contributed by atoms with van der Waals surface area (Å²) in [6, 6.07) is 13.5. The maximum absolute atomic E-state index is 4.35. The molecule has 3 aromatic rings. The zero-order valence-corrected chi connectivity index (χ0v) is 24.4. The van der Waals surface area contributed by atoms with Crippen LogP contribution in [0.3, 0.4) is 0 Å². The Kier molecular flexibility index (Phi) is 10.9. The number of anilines is 2. The second kappa shape index (κ2) is 13.2. The van der Waals surface area contributed by atoms with Crippen molar-refractivity contribution < 1.29 is 26.8 Å². The normalized spacial score (nSPS) is 13.0. The van der Waals surface area contributed by atoms with Crippen LogP contribution in [-0.4, -0.2) is 4.98 Å². The molecule has 0 spiro atoms. The molecule has 1 aromatic heterocycles. The molecule has 2 heterocycles. The number of oxazole rings is 1. The van der Waals surface area contributed by atoms with Gasteiger partial charge in [0, 0.05) is 33.8 Å². The Morgan fingerprint density at radius 1 is 0.686 bits per heavy atom. The maximum atomic E-state index is 4.35. The fourth-order valence-corrected chi connectivity index (χ4v) is 4.39. The van der Waals surface area contributed by atoms with E-state index in [1.165, 1.54) is 46.1 Å². The summed E-state index contributed by atoms with van der Waals surface area (Å²) in [5.74, 6) is 1.92. The van der Waals surface area contributed by atoms with E-state index in [9.17, 15) is 0 Å². The van der Waals surface area contributed by atoms with E-state index in [2.05, 4.69) is 136 Å². The summed E-state index contributed by atoms with van der Waals surface area (Å²) < 4.78 is 4.35. The predicted molar refractivity (Wildman–Crippen MR) is 143 cm³/mol. The van der Waals surface area contributed by atoms with Crippen molar-refractivity contribution in [2.24, 2.45) is 0 Å². The van der Waals surface area contributed by atoms with Gasteiger partial charge in [0.25, 0.3) is 0 Å². The van der Waals surface area contributed by atoms with E-state index >= 15 is 0 Å². The zero-order chi connectivity index (χ0) is 24.8. The second-order valence-corrected chi connectivity index (χ2v) is 10.0. The summed E-state index contributed by atoms with van der Waals surface area (Å²) >= 11 is 0. The second-order valence-electron chi connectivity index (χ2n) is 10.0. The Bertz CT molecular complexity index is 930. The third kappa shape index (κ3) is 6.91. The molecule has 1 radical (unpaired) electrons. The zero-order valence-electron chi connectivity index (χ0n) is 22.2. The Labute approximate surface area is 227 Å². The van der Waals surface area contributed by atoms with Crippen LogP contribution in [0, 0.1) is 13.1 Å². The SMILES string of the molecule is CC(C)c1cccc(C(C)C)c1N1C=CN(c2c(C(C)C)cccc2C(C)C)[CH-]1.[Au].[c-]1ncco1. The van der Waals surface area contributed by atoms with Crippen LogP contribution in [-0.2, 0) is 22.4 Å². The van der Waals surface area contributed by atoms with Gasteiger partial charge in [-0.3, -0.25) is 0 Å². The molecule has 1 aliphatic heterocycles. The molecule has 0 fully saturated rings. The molecule has 0 bridgehead atoms. The van der Waals surface area contributed by atoms with Crippen molar-refractivity contribution in [1.29, 1.82) is 0 Å². The first kappa shape index (κ1) is 29.0. The Morgan fingerprint density at radius 2 is 1.06 bits per heavy atom. The Hall–Kier alpha value is -2.27. The fraction of sp³-hybridized carbons (Fsp3) is 0.400. The number of hydrogen-bond acceptors (Lipinski definition) is 4. The monoisotopic (exact) mass is 654 g/mol. The first-order valence-corrected chi connectivity index (χ1v) is 12.3. The number of nitrogens with zero attached hydrogens (tertiary/aromatic N) is 3. The Balaban J connectivity index is 0.000000640. The van der Waals surface area contributed by atoms with E-state index in [1.807, 2.05) is 0 Å². The number of hydrogen-bond donors (Lipinski definition) is 0. The van der Waals surface area contributed by atoms with Crippen LogP contribution >= 0.6 is 0 Å². The summed E-state index contributed by atoms with van der Waals surface area (Å²) in [5.41, 5.74) is 8.29. The van der Waals surface area contributed by atoms with Gasteiger partial charge < -0.3 is 19.2 Å². The molecule has 0 atom stereocenters. The molecule has 0 saturated carbocycles. The van der Waals surface area contributed by atoms with Gasteiger partial charge >= 0.3 is 0 Å². The maximum Gasteiger partial charge on any atom is 0.101 e. The molecule has 2 aromatic carbocycles. The van der Waals surface area contributed by atoms with Crippen molar-refractivity contribution in [3.8, 4) is 0 Å². The van der Waals surface area contributed by atoms with Crippen molar-refractivity contribution in [2.75, 3.05) is 9.80 Å². The molecule has 0 amide bonds. The molecule has 0 unspecified atom stereocenters. The van der Waals surface area contributed by atoms with E-state index in [1.54, 1.807) is 0 Å². The van der Waals surface area contributed by atoms with Gasteiger partial charge in [0.2, 0.25) is 0 Å². The van der Waals surface area contributed by atoms with Crippen molar-refractivity contribution in [3.63, 3.8) is 0 Å². The minimum absolute atomic E-state index is 0. The fourth-order valence-electron chi connectivity index (χ4n) is 4.39. The summed E-state index contributed by atoms with van der Waals surface area (Å²) in [7, 11) is 0. The predicted octanol–water partition coefficient (Wildman–Crippen LogP) is 8.57. The van der Waals surface area contributed by atoms with Gasteiger partial charge in [-0.1, -0.05) is 98.0 Å². The molecule has 35 heavy (non-hydrogen) atoms. The molecule has 0 aliphatic carbocycles. The van der Waals surface area contributed by atoms with Gasteiger partial charge in [0.15, 0.2) is 0 Å². The quantitative estimate of drug-likeness (QED) is 0.197. The average Bonchev–Trinajstić information content (AvgIpc) is 3.53. The number of para-hydroxylation sites is 2. The molecule has 0 N–H and O–H groups in total. The van der Waals surface area contributed by atoms with Crippen LogP contribution < -0.4 is 9.80 Å². The third-order valence-corrected chi connectivity index (χ3v) is 6.15. The smallest absolute Gasteiger partial charge is 0.101 e. The van der Waals surface area contributed by atoms with Crippen LogP contribution in [0.2, 0.25) is 0 Å². The molecule has 4 nitrogen and oxygen atoms in total. The first-order chi connectivity index (χ1) is 16.2. The Morgan fingerprint density at radius 3 is 1.29 bits per heavy atom. The van der Waals surface area contributed by atoms with E-state index in [4.69, 9.17) is 0 Å². The van der Waals surface area contributed by atoms with Crippen molar-refractivity contribution in [2.45, 2.75) is 79.1 Å². The van der Waals surface area contributed by atoms with Crippen molar-refractivity contribution in [1.82, 2.24) is 4.98 Å². The average molecular weight is 655 g/mol. The minimum Gasteiger partial charge on any atom is -0.581 e. The van der Waals surface area contributed by atoms with Gasteiger partial charge in [-0.05, 0) is 64.6 Å². The van der Waals surface area contributed by atoms with E-state index in [-0.39, 0.29) is 22.4 Å². The van der Waals surface area contributed by atoms with Gasteiger partial charge in [0.1, 0.15) is 6.39 Å². The van der Waals surface area contributed by atoms with Gasteiger partial charge in [-0.2, -0.15) is 0 Å². The summed E-state index contributed by atoms with van der Waals surface area (Å²) in [6.07, 6.45) is 9.66. The summed E-state index contributed by atoms with van der Waals surface area (Å²) in [5, 5.41) is 0. The topological polar surface area (TPSA) is 32.5 Å². The van der Waals surface area contributed by atoms with Crippen LogP contribution in [0.5, 0.6) is 0 Å². The molecule has 5 heteroatoms. The number of benzene rings is 2. The molecular formula is C30H39AuN3O-2. The molecular weight excluding hydrogens is 615 g/mol. The third-order valence-electron chi connectivity index (χ3n) is 6.15. The molecule has 0 saturated heterocycles. The number of rotatable bonds is 6. The first-order valence-electron chi connectivity index (χ1n) is 12.3. The van der Waals surface area contributed by atoms with Crippen LogP contribution in [0.1, 0.15) is 101 Å². The van der Waals surface area contributed by atoms with E-state index in [0.29, 0.717) is 23.7 Å². The van der Waals surface area contributed by atoms with E-state index in [0.717, 1.165) is 0 Å². The van der Waals surface area contributed by atoms with Crippen LogP contribution in [0.15, 0.2) is 65.7 Å². The summed E-state index contributed by atoms with van der Waals surface area (Å²) in [4.78, 5) is 8.08. The summed E-state index contributed by atoms with van der Waals surface area (Å²) in [6.45, 7) is 20.5. The van der Waals surface area contributed by atoms with Crippen LogP contribution in [0.4, 0.5) is 11.4 Å². The van der Waals surface area contributed by atoms with E-state index < -0.39 is 0 Å². The largest absolute Gasteiger partial charge is 0.581 e. The molecule has 193 valence electrons. The number of aromatic nitrogens is 1. The van der Waals surface area contributed by atoms with Gasteiger partial charge in [-0.25, -0.2) is 0 Å². The van der Waals surface area contributed by atoms with Gasteiger partial charge in [-0.15, -0.1) is 6.67 Å². The minimum atomic E-state index is 0. The standard InChI is InChI=1S/C27H37N2.C3H2NO.Au/c1-18(2)22-11-9-12-23(19(3)4)26(22)28-15-16-29(17-28)27-24(20(5)6)13-10-14-25(27)21(7)8;1-2-5-3-4-1;/h9-21H,1-8H3;1-2H;/q2*-1;. The van der Waals surface area contributed by atoms with Crippen LogP contribution in [0.25, 0.3) is 0 Å². The van der Waals surface area contributed by atoms with Gasteiger partial charge in [0.05, 0.1) is 0 Å². The van der Waals surface area contributed by atoms with Crippen molar-refractivity contribution in [3.05, 3.63) is 96.6 Å². The molecule has 4 rings (SSSR count). The van der Waals surface area contributed by atoms with Crippen molar-refractivity contribution >= 4 is 11.4 Å². The molecule has 1 aliphatic rings.